The molecule has 1 aliphatic carbocycles. The molecule has 1 aliphatic rings. The van der Waals surface area contributed by atoms with Gasteiger partial charge in [-0.25, -0.2) is 4.79 Å². The smallest absolute Gasteiger partial charge is 0.335 e. The molecule has 28 heavy (non-hydrogen) atoms. The Bertz CT molecular complexity index is 961. The largest absolute Gasteiger partial charge is 0.478 e. The summed E-state index contributed by atoms with van der Waals surface area (Å²) >= 11 is 0. The molecular weight excluding hydrogens is 344 g/mol. The number of aryl methyl sites for hydroxylation is 2. The van der Waals surface area contributed by atoms with Crippen LogP contribution in [0, 0.1) is 6.92 Å². The van der Waals surface area contributed by atoms with Gasteiger partial charge in [-0.1, -0.05) is 65.5 Å². The predicted molar refractivity (Wildman–Crippen MR) is 117 cm³/mol. The van der Waals surface area contributed by atoms with Crippen LogP contribution in [0.4, 0.5) is 0 Å². The second-order valence-corrected chi connectivity index (χ2v) is 9.49. The third-order valence-electron chi connectivity index (χ3n) is 6.59. The van der Waals surface area contributed by atoms with Crippen LogP contribution in [-0.2, 0) is 17.3 Å². The standard InChI is InChI=1S/C26H32O2/c1-8-18-14-19(9-10-20(18)24(27)28)17(3)21-15-23-22(13-16(21)2)25(4,5)11-12-26(23,6)7/h9-10,13-15H,3,8,11-12H2,1-2,4-7H3,(H,27,28). The monoisotopic (exact) mass is 376 g/mol. The van der Waals surface area contributed by atoms with Crippen molar-refractivity contribution < 1.29 is 9.90 Å². The lowest BCUT2D eigenvalue weighted by molar-refractivity contribution is 0.0695. The number of carboxylic acid groups (broad SMARTS) is 1. The van der Waals surface area contributed by atoms with Crippen LogP contribution in [0.5, 0.6) is 0 Å². The first-order valence-corrected chi connectivity index (χ1v) is 10.2. The number of hydrogen-bond donors (Lipinski definition) is 1. The Kier molecular flexibility index (Phi) is 5.04. The third kappa shape index (κ3) is 3.41. The van der Waals surface area contributed by atoms with Gasteiger partial charge in [0, 0.05) is 0 Å². The molecule has 2 aromatic rings. The molecule has 0 radical (unpaired) electrons. The zero-order chi connectivity index (χ0) is 20.9. The maximum atomic E-state index is 11.5. The summed E-state index contributed by atoms with van der Waals surface area (Å²) in [6, 6.07) is 10.3. The Balaban J connectivity index is 2.12. The summed E-state index contributed by atoms with van der Waals surface area (Å²) in [5.74, 6) is -0.872. The fraction of sp³-hybridized carbons (Fsp3) is 0.423. The highest BCUT2D eigenvalue weighted by atomic mass is 16.4. The second kappa shape index (κ2) is 6.92. The van der Waals surface area contributed by atoms with Gasteiger partial charge in [0.25, 0.3) is 0 Å². The fourth-order valence-corrected chi connectivity index (χ4v) is 4.49. The van der Waals surface area contributed by atoms with Crippen molar-refractivity contribution in [2.75, 3.05) is 0 Å². The molecule has 0 aromatic heterocycles. The summed E-state index contributed by atoms with van der Waals surface area (Å²) in [7, 11) is 0. The van der Waals surface area contributed by atoms with Gasteiger partial charge in [0.15, 0.2) is 0 Å². The lowest BCUT2D eigenvalue weighted by Gasteiger charge is -2.42. The Morgan fingerprint density at radius 2 is 1.57 bits per heavy atom. The van der Waals surface area contributed by atoms with E-state index in [9.17, 15) is 9.90 Å². The van der Waals surface area contributed by atoms with Gasteiger partial charge in [-0.3, -0.25) is 0 Å². The number of rotatable bonds is 4. The molecule has 3 rings (SSSR count). The first-order chi connectivity index (χ1) is 13.0. The highest BCUT2D eigenvalue weighted by molar-refractivity contribution is 5.91. The Morgan fingerprint density at radius 1 is 1.00 bits per heavy atom. The van der Waals surface area contributed by atoms with Crippen LogP contribution in [0.1, 0.15) is 91.2 Å². The average Bonchev–Trinajstić information content (AvgIpc) is 2.64. The van der Waals surface area contributed by atoms with Crippen molar-refractivity contribution in [3.05, 3.63) is 75.9 Å². The van der Waals surface area contributed by atoms with Crippen molar-refractivity contribution >= 4 is 11.5 Å². The Hall–Kier alpha value is -2.35. The minimum atomic E-state index is -0.872. The van der Waals surface area contributed by atoms with E-state index < -0.39 is 5.97 Å². The fourth-order valence-electron chi connectivity index (χ4n) is 4.49. The molecule has 2 heteroatoms. The van der Waals surface area contributed by atoms with E-state index in [1.54, 1.807) is 6.07 Å². The summed E-state index contributed by atoms with van der Waals surface area (Å²) in [6.07, 6.45) is 3.06. The minimum absolute atomic E-state index is 0.148. The molecular formula is C26H32O2. The van der Waals surface area contributed by atoms with Crippen LogP contribution < -0.4 is 0 Å². The molecule has 0 spiro atoms. The average molecular weight is 377 g/mol. The van der Waals surface area contributed by atoms with Crippen molar-refractivity contribution in [3.63, 3.8) is 0 Å². The Labute approximate surface area is 169 Å². The van der Waals surface area contributed by atoms with Gasteiger partial charge in [0.1, 0.15) is 0 Å². The normalized spacial score (nSPS) is 17.1. The van der Waals surface area contributed by atoms with Crippen LogP contribution in [0.15, 0.2) is 36.9 Å². The van der Waals surface area contributed by atoms with Crippen LogP contribution in [-0.4, -0.2) is 11.1 Å². The van der Waals surface area contributed by atoms with E-state index in [1.807, 2.05) is 19.1 Å². The van der Waals surface area contributed by atoms with Crippen molar-refractivity contribution in [2.45, 2.75) is 71.6 Å². The number of fused-ring (bicyclic) bond motifs is 1. The van der Waals surface area contributed by atoms with Crippen molar-refractivity contribution in [1.82, 2.24) is 0 Å². The lowest BCUT2D eigenvalue weighted by atomic mass is 9.62. The van der Waals surface area contributed by atoms with E-state index in [2.05, 4.69) is 53.3 Å². The van der Waals surface area contributed by atoms with Gasteiger partial charge in [-0.15, -0.1) is 0 Å². The van der Waals surface area contributed by atoms with Crippen molar-refractivity contribution in [1.29, 1.82) is 0 Å². The van der Waals surface area contributed by atoms with Gasteiger partial charge in [-0.05, 0) is 82.0 Å². The number of hydrogen-bond acceptors (Lipinski definition) is 1. The number of carboxylic acids is 1. The summed E-state index contributed by atoms with van der Waals surface area (Å²) in [4.78, 5) is 11.5. The lowest BCUT2D eigenvalue weighted by Crippen LogP contribution is -2.34. The molecule has 0 heterocycles. The summed E-state index contributed by atoms with van der Waals surface area (Å²) in [5, 5.41) is 9.40. The number of benzene rings is 2. The first kappa shape index (κ1) is 20.4. The van der Waals surface area contributed by atoms with E-state index in [4.69, 9.17) is 0 Å². The highest BCUT2D eigenvalue weighted by Gasteiger charge is 2.37. The number of aromatic carboxylic acids is 1. The molecule has 148 valence electrons. The molecule has 0 saturated heterocycles. The highest BCUT2D eigenvalue weighted by Crippen LogP contribution is 2.47. The maximum absolute atomic E-state index is 11.5. The van der Waals surface area contributed by atoms with E-state index >= 15 is 0 Å². The van der Waals surface area contributed by atoms with Crippen LogP contribution in [0.2, 0.25) is 0 Å². The molecule has 0 fully saturated rings. The molecule has 0 bridgehead atoms. The summed E-state index contributed by atoms with van der Waals surface area (Å²) < 4.78 is 0. The molecule has 0 unspecified atom stereocenters. The van der Waals surface area contributed by atoms with Crippen LogP contribution in [0.3, 0.4) is 0 Å². The van der Waals surface area contributed by atoms with Gasteiger partial charge >= 0.3 is 5.97 Å². The van der Waals surface area contributed by atoms with Gasteiger partial charge < -0.3 is 5.11 Å². The molecule has 0 saturated carbocycles. The second-order valence-electron chi connectivity index (χ2n) is 9.49. The molecule has 0 atom stereocenters. The van der Waals surface area contributed by atoms with Crippen LogP contribution in [0.25, 0.3) is 5.57 Å². The van der Waals surface area contributed by atoms with Gasteiger partial charge in [-0.2, -0.15) is 0 Å². The predicted octanol–water partition coefficient (Wildman–Crippen LogP) is 6.67. The van der Waals surface area contributed by atoms with E-state index in [0.717, 1.165) is 22.3 Å². The maximum Gasteiger partial charge on any atom is 0.335 e. The first-order valence-electron chi connectivity index (χ1n) is 10.2. The van der Waals surface area contributed by atoms with Crippen LogP contribution >= 0.6 is 0 Å². The van der Waals surface area contributed by atoms with Crippen molar-refractivity contribution in [2.24, 2.45) is 0 Å². The van der Waals surface area contributed by atoms with E-state index in [-0.39, 0.29) is 10.8 Å². The van der Waals surface area contributed by atoms with Gasteiger partial charge in [0.2, 0.25) is 0 Å². The summed E-state index contributed by atoms with van der Waals surface area (Å²) in [5.41, 5.74) is 8.79. The molecule has 0 aliphatic heterocycles. The minimum Gasteiger partial charge on any atom is -0.478 e. The summed E-state index contributed by atoms with van der Waals surface area (Å²) in [6.45, 7) is 17.9. The van der Waals surface area contributed by atoms with Gasteiger partial charge in [0.05, 0.1) is 5.56 Å². The topological polar surface area (TPSA) is 37.3 Å². The molecule has 2 aromatic carbocycles. The van der Waals surface area contributed by atoms with E-state index in [1.165, 1.54) is 29.5 Å². The zero-order valence-corrected chi connectivity index (χ0v) is 18.1. The SMILES string of the molecule is C=C(c1ccc(C(=O)O)c(CC)c1)c1cc2c(cc1C)C(C)(C)CCC2(C)C. The molecule has 0 amide bonds. The third-order valence-corrected chi connectivity index (χ3v) is 6.59. The molecule has 2 nitrogen and oxygen atoms in total. The number of carbonyl (C=O) groups is 1. The quantitative estimate of drug-likeness (QED) is 0.647. The Morgan fingerprint density at radius 3 is 2.11 bits per heavy atom. The zero-order valence-electron chi connectivity index (χ0n) is 18.1. The molecule has 1 N–H and O–H groups in total. The van der Waals surface area contributed by atoms with E-state index in [0.29, 0.717) is 12.0 Å². The van der Waals surface area contributed by atoms with Crippen molar-refractivity contribution in [3.8, 4) is 0 Å².